The predicted molar refractivity (Wildman–Crippen MR) is 70.1 cm³/mol. The van der Waals surface area contributed by atoms with Crippen LogP contribution in [0.4, 0.5) is 5.82 Å². The molecule has 0 atom stereocenters. The Labute approximate surface area is 115 Å². The number of nitrogens with two attached hydrogens (primary N) is 1. The molecule has 0 radical (unpaired) electrons. The summed E-state index contributed by atoms with van der Waals surface area (Å²) in [5, 5.41) is 3.72. The molecule has 0 unspecified atom stereocenters. The van der Waals surface area contributed by atoms with Crippen molar-refractivity contribution in [3.05, 3.63) is 23.2 Å². The third-order valence-corrected chi connectivity index (χ3v) is 2.90. The second-order valence-corrected chi connectivity index (χ2v) is 4.24. The van der Waals surface area contributed by atoms with Gasteiger partial charge >= 0.3 is 5.97 Å². The highest BCUT2D eigenvalue weighted by molar-refractivity contribution is 5.92. The number of aromatic nitrogens is 4. The number of ether oxygens (including phenoxy) is 1. The number of nitrogen functional groups attached to an aromatic ring is 1. The van der Waals surface area contributed by atoms with Crippen molar-refractivity contribution in [3.8, 4) is 0 Å². The number of anilines is 1. The Kier molecular flexibility index (Phi) is 4.02. The van der Waals surface area contributed by atoms with Crippen molar-refractivity contribution >= 4 is 11.8 Å². The van der Waals surface area contributed by atoms with Gasteiger partial charge in [0.1, 0.15) is 11.6 Å². The molecule has 0 aliphatic rings. The SMILES string of the molecule is CCc1nc(C(=O)OC)c(N)n1CCc1nc(C)no1. The highest BCUT2D eigenvalue weighted by atomic mass is 16.5. The Hall–Kier alpha value is -2.38. The number of hydrogen-bond acceptors (Lipinski definition) is 7. The second-order valence-electron chi connectivity index (χ2n) is 4.24. The Morgan fingerprint density at radius 2 is 2.20 bits per heavy atom. The molecule has 8 heteroatoms. The number of imidazole rings is 1. The molecule has 0 bridgehead atoms. The molecule has 2 aromatic rings. The van der Waals surface area contributed by atoms with E-state index in [0.717, 1.165) is 5.82 Å². The van der Waals surface area contributed by atoms with Gasteiger partial charge in [0, 0.05) is 19.4 Å². The molecule has 2 rings (SSSR count). The van der Waals surface area contributed by atoms with Crippen molar-refractivity contribution in [1.29, 1.82) is 0 Å². The van der Waals surface area contributed by atoms with Crippen LogP contribution in [-0.4, -0.2) is 32.8 Å². The van der Waals surface area contributed by atoms with E-state index in [1.807, 2.05) is 6.92 Å². The monoisotopic (exact) mass is 279 g/mol. The zero-order valence-corrected chi connectivity index (χ0v) is 11.7. The number of hydrogen-bond donors (Lipinski definition) is 1. The van der Waals surface area contributed by atoms with Crippen molar-refractivity contribution in [1.82, 2.24) is 19.7 Å². The standard InChI is InChI=1S/C12H17N5O3/c1-4-8-15-10(12(18)19-3)11(13)17(8)6-5-9-14-7(2)16-20-9/h4-6,13H2,1-3H3. The van der Waals surface area contributed by atoms with E-state index in [1.54, 1.807) is 11.5 Å². The topological polar surface area (TPSA) is 109 Å². The number of carbonyl (C=O) groups is 1. The van der Waals surface area contributed by atoms with Crippen molar-refractivity contribution < 1.29 is 14.1 Å². The van der Waals surface area contributed by atoms with Crippen LogP contribution in [0.3, 0.4) is 0 Å². The predicted octanol–water partition coefficient (Wildman–Crippen LogP) is 0.748. The molecule has 0 aliphatic heterocycles. The minimum atomic E-state index is -0.537. The Bertz CT molecular complexity index is 617. The highest BCUT2D eigenvalue weighted by Crippen LogP contribution is 2.17. The van der Waals surface area contributed by atoms with Gasteiger partial charge in [-0.3, -0.25) is 0 Å². The van der Waals surface area contributed by atoms with Crippen LogP contribution in [0.1, 0.15) is 35.0 Å². The van der Waals surface area contributed by atoms with Crippen LogP contribution >= 0.6 is 0 Å². The Morgan fingerprint density at radius 1 is 1.45 bits per heavy atom. The van der Waals surface area contributed by atoms with Gasteiger partial charge in [0.05, 0.1) is 7.11 Å². The van der Waals surface area contributed by atoms with Crippen LogP contribution < -0.4 is 5.73 Å². The molecule has 2 N–H and O–H groups in total. The van der Waals surface area contributed by atoms with Crippen LogP contribution in [0.2, 0.25) is 0 Å². The van der Waals surface area contributed by atoms with Gasteiger partial charge in [-0.25, -0.2) is 9.78 Å². The second kappa shape index (κ2) is 5.72. The summed E-state index contributed by atoms with van der Waals surface area (Å²) in [6, 6.07) is 0. The fraction of sp³-hybridized carbons (Fsp3) is 0.500. The van der Waals surface area contributed by atoms with Gasteiger partial charge in [-0.15, -0.1) is 0 Å². The maximum atomic E-state index is 11.6. The lowest BCUT2D eigenvalue weighted by molar-refractivity contribution is 0.0595. The van der Waals surface area contributed by atoms with Crippen LogP contribution in [0.15, 0.2) is 4.52 Å². The van der Waals surface area contributed by atoms with Gasteiger partial charge < -0.3 is 19.6 Å². The minimum absolute atomic E-state index is 0.144. The van der Waals surface area contributed by atoms with Gasteiger partial charge in [-0.05, 0) is 6.92 Å². The van der Waals surface area contributed by atoms with Gasteiger partial charge in [0.15, 0.2) is 11.5 Å². The summed E-state index contributed by atoms with van der Waals surface area (Å²) in [7, 11) is 1.30. The third kappa shape index (κ3) is 2.63. The van der Waals surface area contributed by atoms with Gasteiger partial charge in [-0.2, -0.15) is 4.98 Å². The van der Waals surface area contributed by atoms with E-state index in [4.69, 9.17) is 10.3 Å². The Balaban J connectivity index is 2.21. The third-order valence-electron chi connectivity index (χ3n) is 2.90. The summed E-state index contributed by atoms with van der Waals surface area (Å²) >= 11 is 0. The number of nitrogens with zero attached hydrogens (tertiary/aromatic N) is 4. The van der Waals surface area contributed by atoms with Gasteiger partial charge in [-0.1, -0.05) is 12.1 Å². The maximum Gasteiger partial charge on any atom is 0.360 e. The first-order valence-corrected chi connectivity index (χ1v) is 6.29. The summed E-state index contributed by atoms with van der Waals surface area (Å²) in [6.45, 7) is 4.21. The van der Waals surface area contributed by atoms with E-state index in [1.165, 1.54) is 7.11 Å². The fourth-order valence-electron chi connectivity index (χ4n) is 1.93. The van der Waals surface area contributed by atoms with Crippen LogP contribution in [0.5, 0.6) is 0 Å². The van der Waals surface area contributed by atoms with Crippen molar-refractivity contribution in [2.24, 2.45) is 0 Å². The van der Waals surface area contributed by atoms with E-state index < -0.39 is 5.97 Å². The lowest BCUT2D eigenvalue weighted by Gasteiger charge is -2.06. The van der Waals surface area contributed by atoms with E-state index in [0.29, 0.717) is 36.9 Å². The number of aryl methyl sites for hydroxylation is 3. The molecule has 8 nitrogen and oxygen atoms in total. The van der Waals surface area contributed by atoms with E-state index in [-0.39, 0.29) is 5.69 Å². The van der Waals surface area contributed by atoms with E-state index in [2.05, 4.69) is 19.9 Å². The normalized spacial score (nSPS) is 10.8. The van der Waals surface area contributed by atoms with Crippen molar-refractivity contribution in [2.45, 2.75) is 33.2 Å². The number of esters is 1. The fourth-order valence-corrected chi connectivity index (χ4v) is 1.93. The first-order valence-electron chi connectivity index (χ1n) is 6.29. The quantitative estimate of drug-likeness (QED) is 0.804. The molecule has 0 aromatic carbocycles. The molecule has 0 saturated carbocycles. The van der Waals surface area contributed by atoms with E-state index in [9.17, 15) is 4.79 Å². The molecule has 2 aromatic heterocycles. The summed E-state index contributed by atoms with van der Waals surface area (Å²) in [5.74, 6) is 1.59. The molecule has 0 saturated heterocycles. The molecule has 2 heterocycles. The lowest BCUT2D eigenvalue weighted by Crippen LogP contribution is -2.11. The summed E-state index contributed by atoms with van der Waals surface area (Å²) in [5.41, 5.74) is 6.10. The van der Waals surface area contributed by atoms with Crippen molar-refractivity contribution in [3.63, 3.8) is 0 Å². The van der Waals surface area contributed by atoms with Gasteiger partial charge in [0.25, 0.3) is 0 Å². The zero-order valence-electron chi connectivity index (χ0n) is 11.7. The minimum Gasteiger partial charge on any atom is -0.464 e. The summed E-state index contributed by atoms with van der Waals surface area (Å²) in [6.07, 6.45) is 1.18. The van der Waals surface area contributed by atoms with Crippen LogP contribution in [0, 0.1) is 6.92 Å². The lowest BCUT2D eigenvalue weighted by atomic mass is 10.3. The van der Waals surface area contributed by atoms with Gasteiger partial charge in [0.2, 0.25) is 5.89 Å². The zero-order chi connectivity index (χ0) is 14.7. The molecule has 0 aliphatic carbocycles. The van der Waals surface area contributed by atoms with Crippen LogP contribution in [0.25, 0.3) is 0 Å². The first kappa shape index (κ1) is 14.0. The molecular formula is C12H17N5O3. The molecule has 108 valence electrons. The first-order chi connectivity index (χ1) is 9.56. The number of methoxy groups -OCH3 is 1. The summed E-state index contributed by atoms with van der Waals surface area (Å²) < 4.78 is 11.5. The average molecular weight is 279 g/mol. The largest absolute Gasteiger partial charge is 0.464 e. The number of carbonyl (C=O) groups excluding carboxylic acids is 1. The number of rotatable bonds is 5. The van der Waals surface area contributed by atoms with E-state index >= 15 is 0 Å². The maximum absolute atomic E-state index is 11.6. The van der Waals surface area contributed by atoms with Crippen molar-refractivity contribution in [2.75, 3.05) is 12.8 Å². The molecule has 20 heavy (non-hydrogen) atoms. The smallest absolute Gasteiger partial charge is 0.360 e. The molecule has 0 spiro atoms. The highest BCUT2D eigenvalue weighted by Gasteiger charge is 2.20. The Morgan fingerprint density at radius 3 is 2.75 bits per heavy atom. The average Bonchev–Trinajstić information content (AvgIpc) is 2.99. The van der Waals surface area contributed by atoms with Crippen LogP contribution in [-0.2, 0) is 24.1 Å². The molecule has 0 amide bonds. The molecule has 0 fully saturated rings. The molecular weight excluding hydrogens is 262 g/mol. The summed E-state index contributed by atoms with van der Waals surface area (Å²) in [4.78, 5) is 19.9.